The SMILES string of the molecule is CCC1CN2CCCC2CN1c1ccc2ncsc2c1. The van der Waals surface area contributed by atoms with Crippen molar-refractivity contribution < 1.29 is 0 Å². The van der Waals surface area contributed by atoms with Gasteiger partial charge in [0, 0.05) is 30.9 Å². The lowest BCUT2D eigenvalue weighted by Crippen LogP contribution is -2.56. The van der Waals surface area contributed by atoms with Gasteiger partial charge in [0.1, 0.15) is 0 Å². The molecule has 0 radical (unpaired) electrons. The number of fused-ring (bicyclic) bond motifs is 2. The Balaban J connectivity index is 1.67. The van der Waals surface area contributed by atoms with E-state index in [-0.39, 0.29) is 0 Å². The van der Waals surface area contributed by atoms with Gasteiger partial charge in [-0.3, -0.25) is 4.90 Å². The molecule has 0 bridgehead atoms. The van der Waals surface area contributed by atoms with Crippen LogP contribution in [0, 0.1) is 0 Å². The van der Waals surface area contributed by atoms with E-state index in [1.807, 2.05) is 5.51 Å². The van der Waals surface area contributed by atoms with Gasteiger partial charge in [-0.2, -0.15) is 0 Å². The first kappa shape index (κ1) is 12.6. The van der Waals surface area contributed by atoms with E-state index < -0.39 is 0 Å². The second kappa shape index (κ2) is 5.01. The Morgan fingerprint density at radius 2 is 2.30 bits per heavy atom. The molecule has 0 saturated carbocycles. The third-order valence-electron chi connectivity index (χ3n) is 4.91. The van der Waals surface area contributed by atoms with Gasteiger partial charge in [0.2, 0.25) is 0 Å². The van der Waals surface area contributed by atoms with Crippen molar-refractivity contribution in [2.45, 2.75) is 38.3 Å². The molecule has 2 aromatic rings. The Morgan fingerprint density at radius 1 is 1.35 bits per heavy atom. The highest BCUT2D eigenvalue weighted by atomic mass is 32.1. The Bertz CT molecular complexity index is 609. The standard InChI is InChI=1S/C16H21N3S/c1-2-12-9-18-7-3-4-14(18)10-19(12)13-5-6-15-16(8-13)20-11-17-15/h5-6,8,11-12,14H,2-4,7,9-10H2,1H3. The summed E-state index contributed by atoms with van der Waals surface area (Å²) in [5, 5.41) is 0. The number of hydrogen-bond donors (Lipinski definition) is 0. The van der Waals surface area contributed by atoms with Crippen LogP contribution in [-0.2, 0) is 0 Å². The lowest BCUT2D eigenvalue weighted by molar-refractivity contribution is 0.195. The van der Waals surface area contributed by atoms with Crippen molar-refractivity contribution in [1.29, 1.82) is 0 Å². The third-order valence-corrected chi connectivity index (χ3v) is 5.70. The Kier molecular flexibility index (Phi) is 3.15. The number of thiazole rings is 1. The summed E-state index contributed by atoms with van der Waals surface area (Å²) in [6.45, 7) is 6.06. The smallest absolute Gasteiger partial charge is 0.0813 e. The van der Waals surface area contributed by atoms with E-state index in [2.05, 4.69) is 39.9 Å². The molecule has 0 spiro atoms. The second-order valence-corrected chi connectivity index (χ2v) is 6.90. The molecule has 0 N–H and O–H groups in total. The third kappa shape index (κ3) is 2.02. The van der Waals surface area contributed by atoms with Gasteiger partial charge in [0.15, 0.2) is 0 Å². The maximum atomic E-state index is 4.39. The molecule has 2 aliphatic rings. The highest BCUT2D eigenvalue weighted by Crippen LogP contribution is 2.32. The average molecular weight is 287 g/mol. The maximum absolute atomic E-state index is 4.39. The van der Waals surface area contributed by atoms with Crippen molar-refractivity contribution in [3.63, 3.8) is 0 Å². The van der Waals surface area contributed by atoms with Gasteiger partial charge in [-0.15, -0.1) is 11.3 Å². The summed E-state index contributed by atoms with van der Waals surface area (Å²) < 4.78 is 1.31. The maximum Gasteiger partial charge on any atom is 0.0813 e. The molecule has 0 amide bonds. The molecule has 1 aromatic heterocycles. The zero-order valence-corrected chi connectivity index (χ0v) is 12.8. The van der Waals surface area contributed by atoms with Crippen LogP contribution >= 0.6 is 11.3 Å². The lowest BCUT2D eigenvalue weighted by Gasteiger charge is -2.45. The van der Waals surface area contributed by atoms with Crippen LogP contribution in [0.1, 0.15) is 26.2 Å². The molecule has 3 nitrogen and oxygen atoms in total. The summed E-state index contributed by atoms with van der Waals surface area (Å²) >= 11 is 1.75. The van der Waals surface area contributed by atoms with Crippen LogP contribution in [0.25, 0.3) is 10.2 Å². The number of aromatic nitrogens is 1. The first-order valence-electron chi connectivity index (χ1n) is 7.69. The van der Waals surface area contributed by atoms with Crippen LogP contribution in [0.15, 0.2) is 23.7 Å². The Hall–Kier alpha value is -1.13. The number of piperazine rings is 1. The van der Waals surface area contributed by atoms with Crippen LogP contribution in [0.5, 0.6) is 0 Å². The normalized spacial score (nSPS) is 27.1. The largest absolute Gasteiger partial charge is 0.366 e. The summed E-state index contributed by atoms with van der Waals surface area (Å²) in [4.78, 5) is 9.74. The zero-order chi connectivity index (χ0) is 13.5. The molecule has 2 aliphatic heterocycles. The minimum absolute atomic E-state index is 0.662. The molecule has 3 heterocycles. The molecule has 4 heteroatoms. The van der Waals surface area contributed by atoms with Crippen molar-refractivity contribution >= 4 is 27.2 Å². The van der Waals surface area contributed by atoms with Gasteiger partial charge < -0.3 is 4.90 Å². The Labute approximate surface area is 124 Å². The molecule has 2 unspecified atom stereocenters. The molecule has 20 heavy (non-hydrogen) atoms. The summed E-state index contributed by atoms with van der Waals surface area (Å²) in [5.41, 5.74) is 4.46. The first-order valence-corrected chi connectivity index (χ1v) is 8.57. The van der Waals surface area contributed by atoms with E-state index >= 15 is 0 Å². The summed E-state index contributed by atoms with van der Waals surface area (Å²) in [5.74, 6) is 0. The van der Waals surface area contributed by atoms with Crippen molar-refractivity contribution in [2.24, 2.45) is 0 Å². The van der Waals surface area contributed by atoms with Crippen molar-refractivity contribution in [2.75, 3.05) is 24.5 Å². The molecule has 2 atom stereocenters. The highest BCUT2D eigenvalue weighted by Gasteiger charge is 2.35. The van der Waals surface area contributed by atoms with Crippen LogP contribution in [0.2, 0.25) is 0 Å². The van der Waals surface area contributed by atoms with Gasteiger partial charge in [-0.1, -0.05) is 6.92 Å². The molecule has 2 fully saturated rings. The van der Waals surface area contributed by atoms with Crippen LogP contribution in [-0.4, -0.2) is 41.6 Å². The van der Waals surface area contributed by atoms with Crippen LogP contribution in [0.3, 0.4) is 0 Å². The molecule has 1 aromatic carbocycles. The van der Waals surface area contributed by atoms with Gasteiger partial charge in [-0.05, 0) is 44.0 Å². The molecule has 106 valence electrons. The van der Waals surface area contributed by atoms with Gasteiger partial charge in [0.25, 0.3) is 0 Å². The van der Waals surface area contributed by atoms with E-state index in [4.69, 9.17) is 0 Å². The van der Waals surface area contributed by atoms with E-state index in [1.54, 1.807) is 11.3 Å². The van der Waals surface area contributed by atoms with E-state index in [0.29, 0.717) is 6.04 Å². The fraction of sp³-hybridized carbons (Fsp3) is 0.562. The number of hydrogen-bond acceptors (Lipinski definition) is 4. The van der Waals surface area contributed by atoms with Gasteiger partial charge >= 0.3 is 0 Å². The average Bonchev–Trinajstić information content (AvgIpc) is 3.13. The second-order valence-electron chi connectivity index (χ2n) is 6.01. The molecule has 4 rings (SSSR count). The first-order chi connectivity index (χ1) is 9.85. The summed E-state index contributed by atoms with van der Waals surface area (Å²) in [6, 6.07) is 8.20. The zero-order valence-electron chi connectivity index (χ0n) is 12.0. The summed E-state index contributed by atoms with van der Waals surface area (Å²) in [6.07, 6.45) is 3.97. The monoisotopic (exact) mass is 287 g/mol. The molecular weight excluding hydrogens is 266 g/mol. The van der Waals surface area contributed by atoms with Crippen molar-refractivity contribution in [1.82, 2.24) is 9.88 Å². The number of anilines is 1. The minimum atomic E-state index is 0.662. The Morgan fingerprint density at radius 3 is 3.20 bits per heavy atom. The minimum Gasteiger partial charge on any atom is -0.366 e. The fourth-order valence-electron chi connectivity index (χ4n) is 3.78. The number of benzene rings is 1. The quantitative estimate of drug-likeness (QED) is 0.844. The number of nitrogens with zero attached hydrogens (tertiary/aromatic N) is 3. The fourth-order valence-corrected chi connectivity index (χ4v) is 4.49. The van der Waals surface area contributed by atoms with E-state index in [9.17, 15) is 0 Å². The van der Waals surface area contributed by atoms with E-state index in [1.165, 1.54) is 49.3 Å². The van der Waals surface area contributed by atoms with Crippen LogP contribution in [0.4, 0.5) is 5.69 Å². The lowest BCUT2D eigenvalue weighted by atomic mass is 10.0. The van der Waals surface area contributed by atoms with Crippen molar-refractivity contribution in [3.8, 4) is 0 Å². The molecule has 2 saturated heterocycles. The summed E-state index contributed by atoms with van der Waals surface area (Å²) in [7, 11) is 0. The molecular formula is C16H21N3S. The van der Waals surface area contributed by atoms with Gasteiger partial charge in [0.05, 0.1) is 15.7 Å². The predicted octanol–water partition coefficient (Wildman–Crippen LogP) is 3.36. The topological polar surface area (TPSA) is 19.4 Å². The van der Waals surface area contributed by atoms with Crippen molar-refractivity contribution in [3.05, 3.63) is 23.7 Å². The van der Waals surface area contributed by atoms with Crippen LogP contribution < -0.4 is 4.90 Å². The van der Waals surface area contributed by atoms with E-state index in [0.717, 1.165) is 11.6 Å². The highest BCUT2D eigenvalue weighted by molar-refractivity contribution is 7.16. The number of rotatable bonds is 2. The predicted molar refractivity (Wildman–Crippen MR) is 85.6 cm³/mol. The van der Waals surface area contributed by atoms with Gasteiger partial charge in [-0.25, -0.2) is 4.98 Å². The molecule has 0 aliphatic carbocycles.